The van der Waals surface area contributed by atoms with Crippen LogP contribution in [0.15, 0.2) is 18.2 Å². The lowest BCUT2D eigenvalue weighted by molar-refractivity contribution is -0.384. The summed E-state index contributed by atoms with van der Waals surface area (Å²) in [4.78, 5) is 10.3. The van der Waals surface area contributed by atoms with E-state index >= 15 is 0 Å². The van der Waals surface area contributed by atoms with Crippen LogP contribution < -0.4 is 5.32 Å². The van der Waals surface area contributed by atoms with Gasteiger partial charge in [-0.3, -0.25) is 14.8 Å². The first-order valence-electron chi connectivity index (χ1n) is 6.07. The van der Waals surface area contributed by atoms with E-state index in [9.17, 15) is 14.5 Å². The first-order valence-corrected chi connectivity index (χ1v) is 6.07. The third-order valence-corrected chi connectivity index (χ3v) is 3.27. The molecule has 0 fully saturated rings. The molecule has 0 unspecified atom stereocenters. The van der Waals surface area contributed by atoms with Gasteiger partial charge < -0.3 is 5.32 Å². The maximum atomic E-state index is 13.1. The molecule has 1 heterocycles. The van der Waals surface area contributed by atoms with Crippen molar-refractivity contribution in [3.8, 4) is 0 Å². The number of aryl methyl sites for hydroxylation is 2. The second-order valence-electron chi connectivity index (χ2n) is 4.55. The fourth-order valence-corrected chi connectivity index (χ4v) is 2.06. The Morgan fingerprint density at radius 3 is 2.70 bits per heavy atom. The van der Waals surface area contributed by atoms with Crippen LogP contribution >= 0.6 is 0 Å². The van der Waals surface area contributed by atoms with Gasteiger partial charge >= 0.3 is 0 Å². The average molecular weight is 278 g/mol. The summed E-state index contributed by atoms with van der Waals surface area (Å²) in [6, 6.07) is 3.47. The molecule has 1 aromatic heterocycles. The second-order valence-corrected chi connectivity index (χ2v) is 4.55. The van der Waals surface area contributed by atoms with Gasteiger partial charge in [0.05, 0.1) is 16.7 Å². The Hall–Kier alpha value is -2.44. The van der Waals surface area contributed by atoms with Crippen molar-refractivity contribution in [3.05, 3.63) is 51.1 Å². The van der Waals surface area contributed by atoms with Gasteiger partial charge in [-0.2, -0.15) is 5.10 Å². The summed E-state index contributed by atoms with van der Waals surface area (Å²) in [6.07, 6.45) is 0. The monoisotopic (exact) mass is 278 g/mol. The molecule has 0 aliphatic carbocycles. The number of nitro benzene ring substituents is 1. The fraction of sp³-hybridized carbons (Fsp3) is 0.308. The molecule has 1 aromatic carbocycles. The first-order chi connectivity index (χ1) is 9.40. The Morgan fingerprint density at radius 1 is 1.45 bits per heavy atom. The molecule has 0 saturated heterocycles. The zero-order chi connectivity index (χ0) is 14.9. The van der Waals surface area contributed by atoms with E-state index in [2.05, 4.69) is 10.4 Å². The molecule has 7 heteroatoms. The van der Waals surface area contributed by atoms with Crippen LogP contribution in [-0.2, 0) is 13.6 Å². The molecule has 0 amide bonds. The van der Waals surface area contributed by atoms with Crippen LogP contribution in [0.5, 0.6) is 0 Å². The molecule has 0 atom stereocenters. The number of hydrogen-bond acceptors (Lipinski definition) is 4. The maximum absolute atomic E-state index is 13.1. The molecule has 6 nitrogen and oxygen atoms in total. The summed E-state index contributed by atoms with van der Waals surface area (Å²) in [7, 11) is 1.84. The van der Waals surface area contributed by atoms with Gasteiger partial charge in [0.25, 0.3) is 5.69 Å². The standard InChI is InChI=1S/C13H15FN4O2/c1-8-11(9(2)17(3)16-8)7-15-12-5-4-10(14)6-13(12)18(19)20/h4-6,15H,7H2,1-3H3. The summed E-state index contributed by atoms with van der Waals surface area (Å²) < 4.78 is 14.8. The number of aromatic nitrogens is 2. The number of nitrogens with zero attached hydrogens (tertiary/aromatic N) is 3. The molecule has 0 aliphatic rings. The largest absolute Gasteiger partial charge is 0.375 e. The van der Waals surface area contributed by atoms with E-state index in [0.717, 1.165) is 23.0 Å². The van der Waals surface area contributed by atoms with Crippen LogP contribution in [0.2, 0.25) is 0 Å². The van der Waals surface area contributed by atoms with Crippen LogP contribution in [0.25, 0.3) is 0 Å². The molecule has 0 aliphatic heterocycles. The highest BCUT2D eigenvalue weighted by Gasteiger charge is 2.16. The summed E-state index contributed by atoms with van der Waals surface area (Å²) in [6.45, 7) is 4.21. The second kappa shape index (κ2) is 5.28. The van der Waals surface area contributed by atoms with Crippen molar-refractivity contribution in [2.75, 3.05) is 5.32 Å². The van der Waals surface area contributed by atoms with Crippen molar-refractivity contribution in [1.29, 1.82) is 0 Å². The van der Waals surface area contributed by atoms with Gasteiger partial charge in [-0.1, -0.05) is 0 Å². The molecule has 0 bridgehead atoms. The molecule has 106 valence electrons. The minimum Gasteiger partial charge on any atom is -0.375 e. The summed E-state index contributed by atoms with van der Waals surface area (Å²) in [5.74, 6) is -0.629. The molecule has 1 N–H and O–H groups in total. The Bertz CT molecular complexity index is 667. The zero-order valence-corrected chi connectivity index (χ0v) is 11.5. The molecule has 2 aromatic rings. The predicted octanol–water partition coefficient (Wildman–Crippen LogP) is 2.70. The summed E-state index contributed by atoms with van der Waals surface area (Å²) in [5.41, 5.74) is 2.84. The van der Waals surface area contributed by atoms with Crippen LogP contribution in [0.1, 0.15) is 17.0 Å². The number of nitro groups is 1. The topological polar surface area (TPSA) is 73.0 Å². The SMILES string of the molecule is Cc1nn(C)c(C)c1CNc1ccc(F)cc1[N+](=O)[O-]. The van der Waals surface area contributed by atoms with Crippen molar-refractivity contribution >= 4 is 11.4 Å². The van der Waals surface area contributed by atoms with Crippen LogP contribution in [0.4, 0.5) is 15.8 Å². The number of anilines is 1. The number of halogens is 1. The highest BCUT2D eigenvalue weighted by molar-refractivity contribution is 5.61. The van der Waals surface area contributed by atoms with E-state index in [1.807, 2.05) is 20.9 Å². The van der Waals surface area contributed by atoms with E-state index in [1.54, 1.807) is 4.68 Å². The van der Waals surface area contributed by atoms with Gasteiger partial charge in [-0.05, 0) is 26.0 Å². The van der Waals surface area contributed by atoms with E-state index in [0.29, 0.717) is 12.2 Å². The van der Waals surface area contributed by atoms with Crippen molar-refractivity contribution in [1.82, 2.24) is 9.78 Å². The highest BCUT2D eigenvalue weighted by Crippen LogP contribution is 2.26. The third kappa shape index (κ3) is 2.61. The summed E-state index contributed by atoms with van der Waals surface area (Å²) in [5, 5.41) is 18.2. The number of hydrogen-bond donors (Lipinski definition) is 1. The molecule has 0 saturated carbocycles. The zero-order valence-electron chi connectivity index (χ0n) is 11.5. The van der Waals surface area contributed by atoms with Crippen molar-refractivity contribution in [2.45, 2.75) is 20.4 Å². The molecule has 0 radical (unpaired) electrons. The maximum Gasteiger partial charge on any atom is 0.295 e. The minimum absolute atomic E-state index is 0.274. The van der Waals surface area contributed by atoms with Crippen molar-refractivity contribution in [2.24, 2.45) is 7.05 Å². The number of benzene rings is 1. The predicted molar refractivity (Wildman–Crippen MR) is 73.1 cm³/mol. The highest BCUT2D eigenvalue weighted by atomic mass is 19.1. The van der Waals surface area contributed by atoms with Gasteiger partial charge in [0.15, 0.2) is 0 Å². The van der Waals surface area contributed by atoms with Crippen molar-refractivity contribution in [3.63, 3.8) is 0 Å². The van der Waals surface area contributed by atoms with E-state index in [1.165, 1.54) is 12.1 Å². The normalized spacial score (nSPS) is 10.6. The van der Waals surface area contributed by atoms with Crippen LogP contribution in [0, 0.1) is 29.8 Å². The molecular weight excluding hydrogens is 263 g/mol. The molecular formula is C13H15FN4O2. The van der Waals surface area contributed by atoms with E-state index in [4.69, 9.17) is 0 Å². The van der Waals surface area contributed by atoms with Gasteiger partial charge in [0, 0.05) is 24.8 Å². The lowest BCUT2D eigenvalue weighted by Crippen LogP contribution is -2.05. The van der Waals surface area contributed by atoms with E-state index in [-0.39, 0.29) is 5.69 Å². The Labute approximate surface area is 115 Å². The average Bonchev–Trinajstić information content (AvgIpc) is 2.62. The fourth-order valence-electron chi connectivity index (χ4n) is 2.06. The number of rotatable bonds is 4. The minimum atomic E-state index is -0.629. The van der Waals surface area contributed by atoms with Gasteiger partial charge in [0.2, 0.25) is 0 Å². The summed E-state index contributed by atoms with van der Waals surface area (Å²) >= 11 is 0. The number of nitrogens with one attached hydrogen (secondary N) is 1. The lowest BCUT2D eigenvalue weighted by Gasteiger charge is -2.07. The van der Waals surface area contributed by atoms with Gasteiger partial charge in [0.1, 0.15) is 11.5 Å². The van der Waals surface area contributed by atoms with Crippen LogP contribution in [0.3, 0.4) is 0 Å². The Balaban J connectivity index is 2.25. The molecule has 2 rings (SSSR count). The quantitative estimate of drug-likeness (QED) is 0.689. The molecule has 0 spiro atoms. The van der Waals surface area contributed by atoms with Gasteiger partial charge in [-0.15, -0.1) is 0 Å². The van der Waals surface area contributed by atoms with E-state index < -0.39 is 10.7 Å². The molecule has 20 heavy (non-hydrogen) atoms. The third-order valence-electron chi connectivity index (χ3n) is 3.27. The smallest absolute Gasteiger partial charge is 0.295 e. The van der Waals surface area contributed by atoms with Crippen LogP contribution in [-0.4, -0.2) is 14.7 Å². The first kappa shape index (κ1) is 14.0. The Kier molecular flexibility index (Phi) is 3.69. The lowest BCUT2D eigenvalue weighted by atomic mass is 10.2. The van der Waals surface area contributed by atoms with Crippen molar-refractivity contribution < 1.29 is 9.31 Å². The van der Waals surface area contributed by atoms with Gasteiger partial charge in [-0.25, -0.2) is 4.39 Å². The Morgan fingerprint density at radius 2 is 2.15 bits per heavy atom.